The van der Waals surface area contributed by atoms with Crippen molar-refractivity contribution in [1.29, 1.82) is 0 Å². The van der Waals surface area contributed by atoms with Crippen LogP contribution >= 0.6 is 0 Å². The topological polar surface area (TPSA) is 75.9 Å². The molecule has 0 unspecified atom stereocenters. The number of piperidine rings is 2. The monoisotopic (exact) mass is 361 g/mol. The summed E-state index contributed by atoms with van der Waals surface area (Å²) in [5.41, 5.74) is 1.24. The Balaban J connectivity index is 1.86. The number of nitro groups is 1. The number of carbonyl (C=O) groups excluding carboxylic acids is 1. The number of nitrogens with zero attached hydrogens (tertiary/aromatic N) is 3. The van der Waals surface area contributed by atoms with Crippen LogP contribution in [0.3, 0.4) is 0 Å². The molecule has 1 aromatic carbocycles. The molecule has 26 heavy (non-hydrogen) atoms. The average Bonchev–Trinajstić information content (AvgIpc) is 2.67. The number of non-ortho nitro benzene ring substituents is 1. The summed E-state index contributed by atoms with van der Waals surface area (Å²) in [7, 11) is 1.69. The van der Waals surface area contributed by atoms with Gasteiger partial charge < -0.3 is 14.5 Å². The summed E-state index contributed by atoms with van der Waals surface area (Å²) in [6.07, 6.45) is 3.93. The van der Waals surface area contributed by atoms with Crippen molar-refractivity contribution in [3.63, 3.8) is 0 Å². The highest BCUT2D eigenvalue weighted by Gasteiger charge is 2.28. The van der Waals surface area contributed by atoms with Crippen LogP contribution in [-0.2, 0) is 4.74 Å². The molecular formula is C19H27N3O4. The zero-order chi connectivity index (χ0) is 18.7. The molecular weight excluding hydrogens is 334 g/mol. The molecule has 2 fully saturated rings. The predicted octanol–water partition coefficient (Wildman–Crippen LogP) is 3.08. The first-order valence-electron chi connectivity index (χ1n) is 9.35. The van der Waals surface area contributed by atoms with E-state index in [9.17, 15) is 14.9 Å². The van der Waals surface area contributed by atoms with E-state index in [-0.39, 0.29) is 17.7 Å². The van der Waals surface area contributed by atoms with Gasteiger partial charge >= 0.3 is 0 Å². The number of hydrogen-bond acceptors (Lipinski definition) is 5. The fourth-order valence-electron chi connectivity index (χ4n) is 3.80. The second-order valence-electron chi connectivity index (χ2n) is 7.36. The minimum Gasteiger partial charge on any atom is -0.381 e. The second kappa shape index (κ2) is 8.03. The van der Waals surface area contributed by atoms with E-state index in [1.807, 2.05) is 0 Å². The lowest BCUT2D eigenvalue weighted by atomic mass is 9.97. The second-order valence-corrected chi connectivity index (χ2v) is 7.36. The summed E-state index contributed by atoms with van der Waals surface area (Å²) < 4.78 is 5.37. The zero-order valence-electron chi connectivity index (χ0n) is 15.5. The molecule has 1 aromatic rings. The Kier molecular flexibility index (Phi) is 5.76. The number of anilines is 1. The Morgan fingerprint density at radius 3 is 2.38 bits per heavy atom. The lowest BCUT2D eigenvalue weighted by molar-refractivity contribution is -0.384. The van der Waals surface area contributed by atoms with Gasteiger partial charge in [0.25, 0.3) is 11.6 Å². The molecule has 0 aliphatic carbocycles. The van der Waals surface area contributed by atoms with E-state index in [0.717, 1.165) is 44.5 Å². The Morgan fingerprint density at radius 2 is 1.81 bits per heavy atom. The molecule has 0 aromatic heterocycles. The van der Waals surface area contributed by atoms with Crippen LogP contribution in [0.2, 0.25) is 0 Å². The van der Waals surface area contributed by atoms with E-state index >= 15 is 0 Å². The van der Waals surface area contributed by atoms with Crippen LogP contribution in [0.5, 0.6) is 0 Å². The molecule has 2 heterocycles. The van der Waals surface area contributed by atoms with Gasteiger partial charge in [-0.15, -0.1) is 0 Å². The molecule has 2 aliphatic rings. The van der Waals surface area contributed by atoms with Crippen LogP contribution in [0.1, 0.15) is 43.0 Å². The van der Waals surface area contributed by atoms with Crippen molar-refractivity contribution >= 4 is 17.3 Å². The first-order chi connectivity index (χ1) is 12.5. The average molecular weight is 361 g/mol. The molecule has 7 nitrogen and oxygen atoms in total. The summed E-state index contributed by atoms with van der Waals surface area (Å²) in [5.74, 6) is 0.563. The van der Waals surface area contributed by atoms with E-state index in [1.165, 1.54) is 12.1 Å². The first kappa shape index (κ1) is 18.6. The third kappa shape index (κ3) is 3.98. The van der Waals surface area contributed by atoms with Gasteiger partial charge in [0.05, 0.1) is 22.3 Å². The quantitative estimate of drug-likeness (QED) is 0.608. The molecule has 0 spiro atoms. The third-order valence-electron chi connectivity index (χ3n) is 5.61. The molecule has 2 saturated heterocycles. The number of methoxy groups -OCH3 is 1. The SMILES string of the molecule is COC1CCN(C(=O)c2cc([N+](=O)[O-])ccc2N2CCC(C)CC2)CC1. The number of amides is 1. The van der Waals surface area contributed by atoms with Gasteiger partial charge in [0.2, 0.25) is 0 Å². The zero-order valence-corrected chi connectivity index (χ0v) is 15.5. The van der Waals surface area contributed by atoms with E-state index in [4.69, 9.17) is 4.74 Å². The normalized spacial score (nSPS) is 19.6. The van der Waals surface area contributed by atoms with Crippen molar-refractivity contribution in [3.05, 3.63) is 33.9 Å². The van der Waals surface area contributed by atoms with Gasteiger partial charge in [-0.25, -0.2) is 0 Å². The highest BCUT2D eigenvalue weighted by Crippen LogP contribution is 2.31. The number of carbonyl (C=O) groups is 1. The molecule has 0 N–H and O–H groups in total. The first-order valence-corrected chi connectivity index (χ1v) is 9.35. The number of likely N-dealkylation sites (tertiary alicyclic amines) is 1. The number of rotatable bonds is 4. The molecule has 142 valence electrons. The Bertz CT molecular complexity index is 663. The van der Waals surface area contributed by atoms with Crippen LogP contribution < -0.4 is 4.90 Å². The van der Waals surface area contributed by atoms with Gasteiger partial charge in [-0.05, 0) is 37.7 Å². The van der Waals surface area contributed by atoms with E-state index < -0.39 is 4.92 Å². The fraction of sp³-hybridized carbons (Fsp3) is 0.632. The number of hydrogen-bond donors (Lipinski definition) is 0. The fourth-order valence-corrected chi connectivity index (χ4v) is 3.80. The van der Waals surface area contributed by atoms with Crippen molar-refractivity contribution in [2.75, 3.05) is 38.2 Å². The molecule has 0 atom stereocenters. The van der Waals surface area contributed by atoms with Crippen LogP contribution in [0, 0.1) is 16.0 Å². The molecule has 7 heteroatoms. The van der Waals surface area contributed by atoms with Crippen molar-refractivity contribution < 1.29 is 14.5 Å². The predicted molar refractivity (Wildman–Crippen MR) is 99.6 cm³/mol. The van der Waals surface area contributed by atoms with Crippen LogP contribution in [0.4, 0.5) is 11.4 Å². The van der Waals surface area contributed by atoms with Crippen molar-refractivity contribution in [3.8, 4) is 0 Å². The number of ether oxygens (including phenoxy) is 1. The molecule has 3 rings (SSSR count). The lowest BCUT2D eigenvalue weighted by Gasteiger charge is -2.35. The highest BCUT2D eigenvalue weighted by atomic mass is 16.6. The van der Waals surface area contributed by atoms with E-state index in [1.54, 1.807) is 18.1 Å². The van der Waals surface area contributed by atoms with Crippen LogP contribution in [0.25, 0.3) is 0 Å². The largest absolute Gasteiger partial charge is 0.381 e. The van der Waals surface area contributed by atoms with Crippen molar-refractivity contribution in [1.82, 2.24) is 4.90 Å². The van der Waals surface area contributed by atoms with Crippen molar-refractivity contribution in [2.24, 2.45) is 5.92 Å². The Morgan fingerprint density at radius 1 is 1.15 bits per heavy atom. The summed E-state index contributed by atoms with van der Waals surface area (Å²) in [6.45, 7) is 5.24. The van der Waals surface area contributed by atoms with E-state index in [2.05, 4.69) is 11.8 Å². The maximum absolute atomic E-state index is 13.1. The van der Waals surface area contributed by atoms with Gasteiger partial charge in [0.1, 0.15) is 0 Å². The molecule has 0 radical (unpaired) electrons. The molecule has 0 saturated carbocycles. The van der Waals surface area contributed by atoms with Crippen LogP contribution in [-0.4, -0.2) is 55.1 Å². The summed E-state index contributed by atoms with van der Waals surface area (Å²) in [5, 5.41) is 11.2. The van der Waals surface area contributed by atoms with Crippen LogP contribution in [0.15, 0.2) is 18.2 Å². The standard InChI is InChI=1S/C19H27N3O4/c1-14-5-9-20(10-6-14)18-4-3-15(22(24)25)13-17(18)19(23)21-11-7-16(26-2)8-12-21/h3-4,13-14,16H,5-12H2,1-2H3. The minimum atomic E-state index is -0.435. The maximum Gasteiger partial charge on any atom is 0.270 e. The smallest absolute Gasteiger partial charge is 0.270 e. The van der Waals surface area contributed by atoms with Gasteiger partial charge in [-0.3, -0.25) is 14.9 Å². The highest BCUT2D eigenvalue weighted by molar-refractivity contribution is 6.00. The number of benzene rings is 1. The molecule has 0 bridgehead atoms. The summed E-state index contributed by atoms with van der Waals surface area (Å²) in [6, 6.07) is 4.68. The van der Waals surface area contributed by atoms with E-state index in [0.29, 0.717) is 24.6 Å². The molecule has 2 aliphatic heterocycles. The summed E-state index contributed by atoms with van der Waals surface area (Å²) >= 11 is 0. The van der Waals surface area contributed by atoms with Gasteiger partial charge in [-0.1, -0.05) is 6.92 Å². The van der Waals surface area contributed by atoms with Crippen molar-refractivity contribution in [2.45, 2.75) is 38.7 Å². The Labute approximate surface area is 154 Å². The molecule has 1 amide bonds. The minimum absolute atomic E-state index is 0.0331. The van der Waals surface area contributed by atoms with Gasteiger partial charge in [0.15, 0.2) is 0 Å². The third-order valence-corrected chi connectivity index (χ3v) is 5.61. The summed E-state index contributed by atoms with van der Waals surface area (Å²) in [4.78, 5) is 27.9. The Hall–Kier alpha value is -2.15. The van der Waals surface area contributed by atoms with Gasteiger partial charge in [0, 0.05) is 45.4 Å². The maximum atomic E-state index is 13.1. The van der Waals surface area contributed by atoms with Gasteiger partial charge in [-0.2, -0.15) is 0 Å². The number of nitro benzene ring substituents is 1. The lowest BCUT2D eigenvalue weighted by Crippen LogP contribution is -2.41.